The molecule has 1 aliphatic rings. The van der Waals surface area contributed by atoms with E-state index in [0.717, 1.165) is 31.4 Å². The van der Waals surface area contributed by atoms with Crippen LogP contribution in [0.1, 0.15) is 31.7 Å². The van der Waals surface area contributed by atoms with Crippen molar-refractivity contribution < 1.29 is 13.9 Å². The van der Waals surface area contributed by atoms with E-state index >= 15 is 0 Å². The highest BCUT2D eigenvalue weighted by Gasteiger charge is 2.29. The van der Waals surface area contributed by atoms with Gasteiger partial charge in [-0.1, -0.05) is 18.6 Å². The topological polar surface area (TPSA) is 29.5 Å². The van der Waals surface area contributed by atoms with Crippen LogP contribution in [0.25, 0.3) is 0 Å². The molecule has 1 aromatic carbocycles. The number of halogens is 1. The Hall–Kier alpha value is -1.42. The van der Waals surface area contributed by atoms with Crippen molar-refractivity contribution in [3.63, 3.8) is 0 Å². The highest BCUT2D eigenvalue weighted by atomic mass is 19.1. The van der Waals surface area contributed by atoms with Gasteiger partial charge in [-0.3, -0.25) is 9.69 Å². The van der Waals surface area contributed by atoms with E-state index in [1.165, 1.54) is 12.1 Å². The molecule has 19 heavy (non-hydrogen) atoms. The van der Waals surface area contributed by atoms with E-state index in [2.05, 4.69) is 4.90 Å². The van der Waals surface area contributed by atoms with Crippen molar-refractivity contribution in [1.82, 2.24) is 4.90 Å². The van der Waals surface area contributed by atoms with Crippen LogP contribution in [-0.4, -0.2) is 30.1 Å². The third kappa shape index (κ3) is 3.77. The predicted molar refractivity (Wildman–Crippen MR) is 71.1 cm³/mol. The molecular formula is C15H20FNO2. The molecular weight excluding hydrogens is 245 g/mol. The number of piperidine rings is 1. The van der Waals surface area contributed by atoms with Gasteiger partial charge in [0.1, 0.15) is 11.9 Å². The Bertz CT molecular complexity index is 419. The number of ether oxygens (including phenoxy) is 1. The molecule has 2 rings (SSSR count). The number of esters is 1. The minimum Gasteiger partial charge on any atom is -0.465 e. The Kier molecular flexibility index (Phi) is 4.91. The molecule has 1 heterocycles. The summed E-state index contributed by atoms with van der Waals surface area (Å²) in [5, 5.41) is 0. The molecule has 0 radical (unpaired) electrons. The molecule has 104 valence electrons. The van der Waals surface area contributed by atoms with Crippen LogP contribution in [0.2, 0.25) is 0 Å². The largest absolute Gasteiger partial charge is 0.465 e. The molecule has 0 N–H and O–H groups in total. The lowest BCUT2D eigenvalue weighted by atomic mass is 10.0. The zero-order valence-corrected chi connectivity index (χ0v) is 11.3. The van der Waals surface area contributed by atoms with Gasteiger partial charge in [0.05, 0.1) is 6.61 Å². The number of carbonyl (C=O) groups excluding carboxylic acids is 1. The Morgan fingerprint density at radius 1 is 1.37 bits per heavy atom. The summed E-state index contributed by atoms with van der Waals surface area (Å²) in [6, 6.07) is 6.30. The van der Waals surface area contributed by atoms with Crippen molar-refractivity contribution in [2.75, 3.05) is 13.2 Å². The van der Waals surface area contributed by atoms with Crippen LogP contribution >= 0.6 is 0 Å². The highest BCUT2D eigenvalue weighted by Crippen LogP contribution is 2.20. The Labute approximate surface area is 113 Å². The number of likely N-dealkylation sites (tertiary alicyclic amines) is 1. The monoisotopic (exact) mass is 265 g/mol. The molecule has 1 fully saturated rings. The molecule has 0 aliphatic carbocycles. The van der Waals surface area contributed by atoms with E-state index < -0.39 is 0 Å². The van der Waals surface area contributed by atoms with Crippen LogP contribution < -0.4 is 0 Å². The maximum Gasteiger partial charge on any atom is 0.323 e. The molecule has 4 heteroatoms. The molecule has 0 bridgehead atoms. The second-order valence-electron chi connectivity index (χ2n) is 4.86. The van der Waals surface area contributed by atoms with Crippen LogP contribution in [0, 0.1) is 5.82 Å². The SMILES string of the molecule is CCOC(=O)[C@@H]1CCCCN1Cc1ccc(F)cc1. The predicted octanol–water partition coefficient (Wildman–Crippen LogP) is 2.74. The van der Waals surface area contributed by atoms with Gasteiger partial charge in [0.15, 0.2) is 0 Å². The first-order chi connectivity index (χ1) is 9.20. The molecule has 3 nitrogen and oxygen atoms in total. The summed E-state index contributed by atoms with van der Waals surface area (Å²) in [6.45, 7) is 3.80. The van der Waals surface area contributed by atoms with Crippen molar-refractivity contribution in [3.05, 3.63) is 35.6 Å². The second kappa shape index (κ2) is 6.66. The van der Waals surface area contributed by atoms with Crippen LogP contribution in [0.4, 0.5) is 4.39 Å². The first-order valence-electron chi connectivity index (χ1n) is 6.86. The van der Waals surface area contributed by atoms with Gasteiger partial charge in [0.2, 0.25) is 0 Å². The zero-order chi connectivity index (χ0) is 13.7. The Balaban J connectivity index is 2.03. The molecule has 1 aliphatic heterocycles. The fourth-order valence-corrected chi connectivity index (χ4v) is 2.51. The molecule has 0 saturated carbocycles. The summed E-state index contributed by atoms with van der Waals surface area (Å²) in [6.07, 6.45) is 3.00. The fraction of sp³-hybridized carbons (Fsp3) is 0.533. The molecule has 1 saturated heterocycles. The third-order valence-corrected chi connectivity index (χ3v) is 3.47. The minimum absolute atomic E-state index is 0.135. The van der Waals surface area contributed by atoms with Gasteiger partial charge in [-0.15, -0.1) is 0 Å². The number of nitrogens with zero attached hydrogens (tertiary/aromatic N) is 1. The first-order valence-corrected chi connectivity index (χ1v) is 6.86. The average molecular weight is 265 g/mol. The van der Waals surface area contributed by atoms with Gasteiger partial charge >= 0.3 is 5.97 Å². The van der Waals surface area contributed by atoms with E-state index in [9.17, 15) is 9.18 Å². The van der Waals surface area contributed by atoms with Crippen molar-refractivity contribution in [1.29, 1.82) is 0 Å². The van der Waals surface area contributed by atoms with Gasteiger partial charge in [-0.05, 0) is 44.0 Å². The normalized spacial score (nSPS) is 20.2. The Morgan fingerprint density at radius 3 is 2.79 bits per heavy atom. The average Bonchev–Trinajstić information content (AvgIpc) is 2.42. The molecule has 1 aromatic rings. The van der Waals surface area contributed by atoms with Crippen LogP contribution in [0.5, 0.6) is 0 Å². The van der Waals surface area contributed by atoms with Gasteiger partial charge < -0.3 is 4.74 Å². The van der Waals surface area contributed by atoms with E-state index in [1.807, 2.05) is 6.92 Å². The van der Waals surface area contributed by atoms with Crippen LogP contribution in [-0.2, 0) is 16.1 Å². The lowest BCUT2D eigenvalue weighted by Gasteiger charge is -2.33. The summed E-state index contributed by atoms with van der Waals surface area (Å²) in [5.74, 6) is -0.367. The number of hydrogen-bond donors (Lipinski definition) is 0. The van der Waals surface area contributed by atoms with Crippen LogP contribution in [0.3, 0.4) is 0 Å². The fourth-order valence-electron chi connectivity index (χ4n) is 2.51. The molecule has 0 unspecified atom stereocenters. The van der Waals surface area contributed by atoms with Crippen molar-refractivity contribution in [3.8, 4) is 0 Å². The molecule has 0 amide bonds. The minimum atomic E-state index is -0.232. The lowest BCUT2D eigenvalue weighted by molar-refractivity contribution is -0.151. The zero-order valence-electron chi connectivity index (χ0n) is 11.3. The summed E-state index contributed by atoms with van der Waals surface area (Å²) >= 11 is 0. The van der Waals surface area contributed by atoms with Gasteiger partial charge in [0.25, 0.3) is 0 Å². The maximum atomic E-state index is 12.9. The number of hydrogen-bond acceptors (Lipinski definition) is 3. The van der Waals surface area contributed by atoms with Crippen molar-refractivity contribution >= 4 is 5.97 Å². The van der Waals surface area contributed by atoms with Gasteiger partial charge in [0, 0.05) is 6.54 Å². The van der Waals surface area contributed by atoms with E-state index in [-0.39, 0.29) is 17.8 Å². The van der Waals surface area contributed by atoms with Crippen molar-refractivity contribution in [2.24, 2.45) is 0 Å². The summed E-state index contributed by atoms with van der Waals surface area (Å²) in [4.78, 5) is 14.1. The quantitative estimate of drug-likeness (QED) is 0.784. The number of benzene rings is 1. The number of rotatable bonds is 4. The maximum absolute atomic E-state index is 12.9. The van der Waals surface area contributed by atoms with Crippen molar-refractivity contribution in [2.45, 2.75) is 38.8 Å². The first kappa shape index (κ1) is 14.0. The highest BCUT2D eigenvalue weighted by molar-refractivity contribution is 5.75. The number of carbonyl (C=O) groups is 1. The lowest BCUT2D eigenvalue weighted by Crippen LogP contribution is -2.44. The summed E-state index contributed by atoms with van der Waals surface area (Å²) in [5.41, 5.74) is 1.03. The molecule has 1 atom stereocenters. The molecule has 0 aromatic heterocycles. The third-order valence-electron chi connectivity index (χ3n) is 3.47. The van der Waals surface area contributed by atoms with E-state index in [1.54, 1.807) is 12.1 Å². The second-order valence-corrected chi connectivity index (χ2v) is 4.86. The summed E-state index contributed by atoms with van der Waals surface area (Å²) in [7, 11) is 0. The standard InChI is InChI=1S/C15H20FNO2/c1-2-19-15(18)14-5-3-4-10-17(14)11-12-6-8-13(16)9-7-12/h6-9,14H,2-5,10-11H2,1H3/t14-/m0/s1. The summed E-state index contributed by atoms with van der Waals surface area (Å²) < 4.78 is 18.0. The van der Waals surface area contributed by atoms with Gasteiger partial charge in [-0.25, -0.2) is 4.39 Å². The van der Waals surface area contributed by atoms with E-state index in [4.69, 9.17) is 4.74 Å². The smallest absolute Gasteiger partial charge is 0.323 e. The van der Waals surface area contributed by atoms with Crippen LogP contribution in [0.15, 0.2) is 24.3 Å². The van der Waals surface area contributed by atoms with E-state index in [0.29, 0.717) is 13.2 Å². The molecule has 0 spiro atoms. The Morgan fingerprint density at radius 2 is 2.11 bits per heavy atom. The van der Waals surface area contributed by atoms with Gasteiger partial charge in [-0.2, -0.15) is 0 Å².